The molecule has 0 unspecified atom stereocenters. The van der Waals surface area contributed by atoms with Crippen molar-refractivity contribution < 1.29 is 38.4 Å². The molecule has 3 aromatic rings. The first kappa shape index (κ1) is 30.0. The minimum atomic E-state index is -4.93. The molecule has 2 aromatic heterocycles. The van der Waals surface area contributed by atoms with Gasteiger partial charge in [0.2, 0.25) is 5.91 Å². The second-order valence-corrected chi connectivity index (χ2v) is 7.74. The molecular weight excluding hydrogens is 529 g/mol. The Morgan fingerprint density at radius 3 is 2.46 bits per heavy atom. The summed E-state index contributed by atoms with van der Waals surface area (Å²) in [6, 6.07) is 3.40. The molecule has 37 heavy (non-hydrogen) atoms. The Balaban J connectivity index is 0.00000353. The summed E-state index contributed by atoms with van der Waals surface area (Å²) in [6.07, 6.45) is -2.47. The first-order chi connectivity index (χ1) is 17.3. The van der Waals surface area contributed by atoms with Crippen molar-refractivity contribution in [1.82, 2.24) is 19.7 Å². The number of nitrogens with one attached hydrogen (secondary N) is 1. The van der Waals surface area contributed by atoms with E-state index in [4.69, 9.17) is 5.73 Å². The van der Waals surface area contributed by atoms with E-state index >= 15 is 0 Å². The number of halogens is 7. The van der Waals surface area contributed by atoms with Crippen LogP contribution in [-0.4, -0.2) is 44.4 Å². The molecule has 3 N–H and O–H groups in total. The van der Waals surface area contributed by atoms with Gasteiger partial charge in [-0.15, -0.1) is 5.10 Å². The Morgan fingerprint density at radius 2 is 1.86 bits per heavy atom. The summed E-state index contributed by atoms with van der Waals surface area (Å²) in [6.45, 7) is 0.612. The van der Waals surface area contributed by atoms with E-state index in [0.29, 0.717) is 6.07 Å². The van der Waals surface area contributed by atoms with Gasteiger partial charge in [0, 0.05) is 21.3 Å². The third-order valence-electron chi connectivity index (χ3n) is 4.91. The van der Waals surface area contributed by atoms with Gasteiger partial charge in [0.15, 0.2) is 17.5 Å². The number of anilines is 1. The highest BCUT2D eigenvalue weighted by Gasteiger charge is 2.35. The molecule has 0 radical (unpaired) electrons. The zero-order valence-electron chi connectivity index (χ0n) is 19.5. The molecule has 0 aliphatic heterocycles. The van der Waals surface area contributed by atoms with Gasteiger partial charge < -0.3 is 11.1 Å². The molecule has 0 saturated carbocycles. The van der Waals surface area contributed by atoms with E-state index in [0.717, 1.165) is 35.4 Å². The number of hydrogen-bond acceptors (Lipinski definition) is 6. The monoisotopic (exact) mass is 556 g/mol. The van der Waals surface area contributed by atoms with Crippen LogP contribution < -0.4 is 11.1 Å². The van der Waals surface area contributed by atoms with Crippen molar-refractivity contribution in [2.45, 2.75) is 37.8 Å². The van der Waals surface area contributed by atoms with Gasteiger partial charge >= 0.3 is 6.18 Å². The molecule has 0 bridgehead atoms. The molecule has 1 amide bonds. The summed E-state index contributed by atoms with van der Waals surface area (Å²) in [5.74, 6) is -7.68. The summed E-state index contributed by atoms with van der Waals surface area (Å²) in [4.78, 5) is 19.9. The van der Waals surface area contributed by atoms with Crippen LogP contribution in [0.25, 0.3) is 5.82 Å². The molecular formula is C22H27F7N6OS. The Bertz CT molecular complexity index is 1230. The lowest BCUT2D eigenvalue weighted by Gasteiger charge is -2.16. The Morgan fingerprint density at radius 1 is 1.19 bits per heavy atom. The lowest BCUT2D eigenvalue weighted by atomic mass is 10.0. The maximum absolute atomic E-state index is 14.6. The molecule has 206 valence electrons. The summed E-state index contributed by atoms with van der Waals surface area (Å²) < 4.78 is 95.1. The van der Waals surface area contributed by atoms with Crippen molar-refractivity contribution in [3.8, 4) is 5.82 Å². The molecule has 7 nitrogen and oxygen atoms in total. The van der Waals surface area contributed by atoms with Crippen molar-refractivity contribution in [3.05, 3.63) is 65.4 Å². The average molecular weight is 557 g/mol. The second-order valence-electron chi connectivity index (χ2n) is 7.74. The number of carbonyl (C=O) groups excluding carboxylic acids is 1. The molecule has 0 saturated heterocycles. The van der Waals surface area contributed by atoms with Crippen LogP contribution in [0.3, 0.4) is 0 Å². The van der Waals surface area contributed by atoms with E-state index in [-0.39, 0.29) is 20.2 Å². The van der Waals surface area contributed by atoms with Gasteiger partial charge in [-0.25, -0.2) is 27.5 Å². The summed E-state index contributed by atoms with van der Waals surface area (Å²) in [5.41, 5.74) is 2.87. The van der Waals surface area contributed by atoms with Gasteiger partial charge in [0.1, 0.15) is 12.1 Å². The van der Waals surface area contributed by atoms with E-state index < -0.39 is 66.1 Å². The van der Waals surface area contributed by atoms with Crippen LogP contribution in [0.2, 0.25) is 0 Å². The fourth-order valence-corrected chi connectivity index (χ4v) is 3.21. The predicted molar refractivity (Wildman–Crippen MR) is 129 cm³/mol. The average Bonchev–Trinajstić information content (AvgIpc) is 3.31. The summed E-state index contributed by atoms with van der Waals surface area (Å²) in [5, 5.41) is 6.17. The molecule has 0 fully saturated rings. The van der Waals surface area contributed by atoms with Crippen LogP contribution in [-0.2, 0) is 17.4 Å². The van der Waals surface area contributed by atoms with Crippen LogP contribution in [0.4, 0.5) is 36.4 Å². The molecule has 2 heterocycles. The number of nitrogens with zero attached hydrogens (tertiary/aromatic N) is 4. The van der Waals surface area contributed by atoms with Gasteiger partial charge in [-0.3, -0.25) is 4.79 Å². The van der Waals surface area contributed by atoms with Gasteiger partial charge in [0.05, 0.1) is 30.4 Å². The van der Waals surface area contributed by atoms with E-state index in [1.807, 2.05) is 0 Å². The van der Waals surface area contributed by atoms with Crippen LogP contribution in [0, 0.1) is 11.6 Å². The molecule has 0 spiro atoms. The lowest BCUT2D eigenvalue weighted by Crippen LogP contribution is -2.29. The second kappa shape index (κ2) is 12.4. The van der Waals surface area contributed by atoms with Crippen molar-refractivity contribution in [2.75, 3.05) is 18.1 Å². The quantitative estimate of drug-likeness (QED) is 0.260. The molecule has 0 aliphatic carbocycles. The van der Waals surface area contributed by atoms with Gasteiger partial charge in [-0.1, -0.05) is 19.1 Å². The van der Waals surface area contributed by atoms with Gasteiger partial charge in [-0.2, -0.15) is 30.5 Å². The largest absolute Gasteiger partial charge is 0.419 e. The third-order valence-corrected chi connectivity index (χ3v) is 4.91. The number of carbonyl (C=O) groups is 1. The maximum atomic E-state index is 14.6. The fraction of sp³-hybridized carbons (Fsp3) is 0.364. The topological polar surface area (TPSA) is 98.7 Å². The minimum Gasteiger partial charge on any atom is -0.325 e. The first-order valence-electron chi connectivity index (χ1n) is 10.6. The van der Waals surface area contributed by atoms with Crippen molar-refractivity contribution in [1.29, 1.82) is 0 Å². The highest BCUT2D eigenvalue weighted by atomic mass is 32.1. The van der Waals surface area contributed by atoms with E-state index in [1.54, 1.807) is 6.26 Å². The number of alkyl halides is 5. The SMILES string of the molecule is CS.C[C@@H](CC(F)(F)CN)c1ncn(-c2ncc(NC(=O)Cc3cccc(C(F)(F)F)c3F)cc2F)n1.[HH].[HH]. The zero-order chi connectivity index (χ0) is 28.0. The van der Waals surface area contributed by atoms with E-state index in [9.17, 15) is 35.5 Å². The highest BCUT2D eigenvalue weighted by molar-refractivity contribution is 7.79. The molecule has 15 heteroatoms. The zero-order valence-corrected chi connectivity index (χ0v) is 20.4. The van der Waals surface area contributed by atoms with Crippen LogP contribution in [0.15, 0.2) is 36.8 Å². The molecule has 1 aromatic carbocycles. The normalized spacial score (nSPS) is 12.5. The Hall–Kier alpha value is -3.20. The Kier molecular flexibility index (Phi) is 10.0. The minimum absolute atomic E-state index is 0. The summed E-state index contributed by atoms with van der Waals surface area (Å²) in [7, 11) is 0. The van der Waals surface area contributed by atoms with Crippen LogP contribution in [0.5, 0.6) is 0 Å². The smallest absolute Gasteiger partial charge is 0.325 e. The Labute approximate surface area is 215 Å². The van der Waals surface area contributed by atoms with E-state index in [1.165, 1.54) is 6.92 Å². The first-order valence-corrected chi connectivity index (χ1v) is 11.4. The fourth-order valence-electron chi connectivity index (χ4n) is 3.21. The van der Waals surface area contributed by atoms with E-state index in [2.05, 4.69) is 33.0 Å². The van der Waals surface area contributed by atoms with Gasteiger partial charge in [0.25, 0.3) is 5.92 Å². The molecule has 3 rings (SSSR count). The number of rotatable bonds is 8. The number of thiol groups is 1. The standard InChI is InChI=1S/C21H19F7N6O.CH4S.2H2/c1-11(7-20(24,25)9-29)18-31-10-34(33-18)19-15(22)6-13(8-30-19)32-16(35)5-12-3-2-4-14(17(12)23)21(26,27)28;1-2;;/h2-4,6,8,10-11H,5,7,9,29H2,1H3,(H,32,35);2H,1H3;2*1H/t11-;;;/m0.../s1. The number of aromatic nitrogens is 4. The van der Waals surface area contributed by atoms with Gasteiger partial charge in [-0.05, 0) is 17.9 Å². The number of nitrogens with two attached hydrogens (primary N) is 1. The van der Waals surface area contributed by atoms with Crippen molar-refractivity contribution in [2.24, 2.45) is 5.73 Å². The number of amides is 1. The summed E-state index contributed by atoms with van der Waals surface area (Å²) >= 11 is 3.53. The van der Waals surface area contributed by atoms with Crippen LogP contribution >= 0.6 is 12.6 Å². The molecule has 1 atom stereocenters. The van der Waals surface area contributed by atoms with Crippen molar-refractivity contribution >= 4 is 24.2 Å². The molecule has 0 aliphatic rings. The lowest BCUT2D eigenvalue weighted by molar-refractivity contribution is -0.140. The number of hydrogen-bond donors (Lipinski definition) is 3. The third kappa shape index (κ3) is 7.89. The van der Waals surface area contributed by atoms with Crippen molar-refractivity contribution in [3.63, 3.8) is 0 Å². The highest BCUT2D eigenvalue weighted by Crippen LogP contribution is 2.32. The maximum Gasteiger partial charge on any atom is 0.419 e. The van der Waals surface area contributed by atoms with Crippen LogP contribution in [0.1, 0.15) is 39.1 Å². The number of pyridine rings is 1. The predicted octanol–water partition coefficient (Wildman–Crippen LogP) is 5.27. The number of benzene rings is 1.